The highest BCUT2D eigenvalue weighted by Gasteiger charge is 2.37. The summed E-state index contributed by atoms with van der Waals surface area (Å²) in [6.45, 7) is 4.00. The minimum Gasteiger partial charge on any atom is -0.481 e. The minimum atomic E-state index is -3.39. The quantitative estimate of drug-likeness (QED) is 0.826. The van der Waals surface area contributed by atoms with Crippen LogP contribution in [-0.4, -0.2) is 54.3 Å². The summed E-state index contributed by atoms with van der Waals surface area (Å²) in [5, 5.41) is 8.95. The third-order valence-electron chi connectivity index (χ3n) is 4.40. The van der Waals surface area contributed by atoms with Crippen LogP contribution in [0.25, 0.3) is 0 Å². The Morgan fingerprint density at radius 3 is 2.30 bits per heavy atom. The molecule has 0 aromatic rings. The highest BCUT2D eigenvalue weighted by molar-refractivity contribution is 7.86. The Labute approximate surface area is 120 Å². The molecule has 20 heavy (non-hydrogen) atoms. The van der Waals surface area contributed by atoms with Crippen molar-refractivity contribution in [3.63, 3.8) is 0 Å². The molecule has 1 atom stereocenters. The number of rotatable bonds is 5. The first kappa shape index (κ1) is 15.7. The van der Waals surface area contributed by atoms with E-state index in [0.29, 0.717) is 44.9 Å². The maximum Gasteiger partial charge on any atom is 0.306 e. The van der Waals surface area contributed by atoms with Crippen molar-refractivity contribution in [1.29, 1.82) is 0 Å². The zero-order valence-corrected chi connectivity index (χ0v) is 12.8. The number of nitrogens with zero attached hydrogens (tertiary/aromatic N) is 2. The topological polar surface area (TPSA) is 77.9 Å². The van der Waals surface area contributed by atoms with Crippen LogP contribution >= 0.6 is 0 Å². The van der Waals surface area contributed by atoms with Gasteiger partial charge in [-0.05, 0) is 31.6 Å². The molecule has 0 bridgehead atoms. The van der Waals surface area contributed by atoms with Crippen LogP contribution in [0.15, 0.2) is 0 Å². The lowest BCUT2D eigenvalue weighted by Gasteiger charge is -2.32. The Kier molecular flexibility index (Phi) is 5.04. The van der Waals surface area contributed by atoms with E-state index in [1.54, 1.807) is 4.31 Å². The van der Waals surface area contributed by atoms with Crippen LogP contribution in [0.2, 0.25) is 0 Å². The van der Waals surface area contributed by atoms with Gasteiger partial charge in [-0.1, -0.05) is 13.3 Å². The van der Waals surface area contributed by atoms with E-state index < -0.39 is 22.1 Å². The van der Waals surface area contributed by atoms with Gasteiger partial charge in [0.05, 0.1) is 5.92 Å². The Hall–Kier alpha value is -0.660. The van der Waals surface area contributed by atoms with Gasteiger partial charge < -0.3 is 5.11 Å². The molecule has 0 amide bonds. The zero-order valence-electron chi connectivity index (χ0n) is 12.0. The molecule has 1 N–H and O–H groups in total. The Bertz CT molecular complexity index is 443. The van der Waals surface area contributed by atoms with Crippen LogP contribution in [0.3, 0.4) is 0 Å². The maximum absolute atomic E-state index is 12.5. The van der Waals surface area contributed by atoms with Gasteiger partial charge in [-0.3, -0.25) is 4.79 Å². The summed E-state index contributed by atoms with van der Waals surface area (Å²) in [5.74, 6) is -0.731. The molecule has 0 aromatic carbocycles. The van der Waals surface area contributed by atoms with Gasteiger partial charge in [-0.15, -0.1) is 0 Å². The number of piperidine rings is 1. The second-order valence-electron chi connectivity index (χ2n) is 5.82. The second kappa shape index (κ2) is 6.41. The van der Waals surface area contributed by atoms with E-state index in [1.807, 2.05) is 0 Å². The molecule has 0 aliphatic carbocycles. The molecule has 2 rings (SSSR count). The lowest BCUT2D eigenvalue weighted by atomic mass is 9.99. The number of hydrogen-bond acceptors (Lipinski definition) is 3. The summed E-state index contributed by atoms with van der Waals surface area (Å²) < 4.78 is 28.1. The van der Waals surface area contributed by atoms with Crippen molar-refractivity contribution in [1.82, 2.24) is 8.61 Å². The molecule has 0 spiro atoms. The van der Waals surface area contributed by atoms with E-state index in [-0.39, 0.29) is 0 Å². The summed E-state index contributed by atoms with van der Waals surface area (Å²) in [4.78, 5) is 10.9. The van der Waals surface area contributed by atoms with Crippen LogP contribution in [-0.2, 0) is 15.0 Å². The van der Waals surface area contributed by atoms with Crippen molar-refractivity contribution in [2.24, 2.45) is 11.8 Å². The maximum atomic E-state index is 12.5. The largest absolute Gasteiger partial charge is 0.481 e. The van der Waals surface area contributed by atoms with Crippen molar-refractivity contribution >= 4 is 16.2 Å². The van der Waals surface area contributed by atoms with Gasteiger partial charge in [-0.2, -0.15) is 17.0 Å². The highest BCUT2D eigenvalue weighted by atomic mass is 32.2. The van der Waals surface area contributed by atoms with Crippen LogP contribution < -0.4 is 0 Å². The normalized spacial score (nSPS) is 26.9. The summed E-state index contributed by atoms with van der Waals surface area (Å²) >= 11 is 0. The summed E-state index contributed by atoms with van der Waals surface area (Å²) in [7, 11) is -3.39. The zero-order chi connectivity index (χ0) is 14.8. The standard InChI is InChI=1S/C13H24N2O4S/c1-2-3-11-4-7-15(10-11)20(18,19)14-8-5-12(6-9-14)13(16)17/h11-12H,2-10H2,1H3,(H,16,17). The number of aliphatic carboxylic acids is 1. The van der Waals surface area contributed by atoms with Gasteiger partial charge in [0.2, 0.25) is 0 Å². The summed E-state index contributed by atoms with van der Waals surface area (Å²) in [6, 6.07) is 0. The van der Waals surface area contributed by atoms with E-state index in [4.69, 9.17) is 5.11 Å². The monoisotopic (exact) mass is 304 g/mol. The number of carbonyl (C=O) groups is 1. The molecule has 0 saturated carbocycles. The predicted molar refractivity (Wildman–Crippen MR) is 75.4 cm³/mol. The van der Waals surface area contributed by atoms with Crippen LogP contribution in [0.4, 0.5) is 0 Å². The Morgan fingerprint density at radius 1 is 1.15 bits per heavy atom. The molecule has 2 aliphatic rings. The van der Waals surface area contributed by atoms with Crippen molar-refractivity contribution in [2.45, 2.75) is 39.0 Å². The molecule has 2 saturated heterocycles. The van der Waals surface area contributed by atoms with E-state index in [9.17, 15) is 13.2 Å². The first-order valence-corrected chi connectivity index (χ1v) is 8.83. The minimum absolute atomic E-state index is 0.328. The van der Waals surface area contributed by atoms with E-state index in [0.717, 1.165) is 19.3 Å². The van der Waals surface area contributed by atoms with Gasteiger partial charge in [0.15, 0.2) is 0 Å². The average Bonchev–Trinajstić information content (AvgIpc) is 2.88. The average molecular weight is 304 g/mol. The Morgan fingerprint density at radius 2 is 1.75 bits per heavy atom. The first-order valence-electron chi connectivity index (χ1n) is 7.43. The summed E-state index contributed by atoms with van der Waals surface area (Å²) in [5.41, 5.74) is 0. The summed E-state index contributed by atoms with van der Waals surface area (Å²) in [6.07, 6.45) is 3.94. The fourth-order valence-electron chi connectivity index (χ4n) is 3.15. The third-order valence-corrected chi connectivity index (χ3v) is 6.40. The van der Waals surface area contributed by atoms with Crippen LogP contribution in [0.1, 0.15) is 39.0 Å². The molecular formula is C13H24N2O4S. The number of carboxylic acid groups (broad SMARTS) is 1. The first-order chi connectivity index (χ1) is 9.45. The molecule has 116 valence electrons. The Balaban J connectivity index is 1.93. The van der Waals surface area contributed by atoms with Crippen molar-refractivity contribution in [2.75, 3.05) is 26.2 Å². The van der Waals surface area contributed by atoms with Gasteiger partial charge in [0, 0.05) is 26.2 Å². The highest BCUT2D eigenvalue weighted by Crippen LogP contribution is 2.27. The van der Waals surface area contributed by atoms with Crippen molar-refractivity contribution in [3.05, 3.63) is 0 Å². The fraction of sp³-hybridized carbons (Fsp3) is 0.923. The third kappa shape index (κ3) is 3.32. The molecule has 2 heterocycles. The second-order valence-corrected chi connectivity index (χ2v) is 7.75. The van der Waals surface area contributed by atoms with Gasteiger partial charge in [0.25, 0.3) is 10.2 Å². The molecule has 1 unspecified atom stereocenters. The van der Waals surface area contributed by atoms with Crippen LogP contribution in [0, 0.1) is 11.8 Å². The van der Waals surface area contributed by atoms with E-state index >= 15 is 0 Å². The number of carboxylic acids is 1. The van der Waals surface area contributed by atoms with Crippen molar-refractivity contribution in [3.8, 4) is 0 Å². The smallest absolute Gasteiger partial charge is 0.306 e. The van der Waals surface area contributed by atoms with Crippen LogP contribution in [0.5, 0.6) is 0 Å². The van der Waals surface area contributed by atoms with Gasteiger partial charge >= 0.3 is 5.97 Å². The van der Waals surface area contributed by atoms with Gasteiger partial charge in [0.1, 0.15) is 0 Å². The predicted octanol–water partition coefficient (Wildman–Crippen LogP) is 1.15. The van der Waals surface area contributed by atoms with E-state index in [2.05, 4.69) is 6.92 Å². The lowest BCUT2D eigenvalue weighted by molar-refractivity contribution is -0.142. The SMILES string of the molecule is CCCC1CCN(S(=O)(=O)N2CCC(C(=O)O)CC2)C1. The van der Waals surface area contributed by atoms with E-state index in [1.165, 1.54) is 4.31 Å². The molecule has 7 heteroatoms. The molecular weight excluding hydrogens is 280 g/mol. The van der Waals surface area contributed by atoms with Crippen molar-refractivity contribution < 1.29 is 18.3 Å². The molecule has 2 aliphatic heterocycles. The van der Waals surface area contributed by atoms with Gasteiger partial charge in [-0.25, -0.2) is 0 Å². The lowest BCUT2D eigenvalue weighted by Crippen LogP contribution is -2.47. The molecule has 2 fully saturated rings. The molecule has 0 radical (unpaired) electrons. The number of hydrogen-bond donors (Lipinski definition) is 1. The molecule has 6 nitrogen and oxygen atoms in total. The fourth-order valence-corrected chi connectivity index (χ4v) is 4.88. The molecule has 0 aromatic heterocycles.